The molecule has 2 saturated heterocycles. The second-order valence-electron chi connectivity index (χ2n) is 9.74. The molecule has 0 radical (unpaired) electrons. The van der Waals surface area contributed by atoms with Crippen LogP contribution in [0.5, 0.6) is 5.88 Å². The molecule has 2 aromatic rings. The summed E-state index contributed by atoms with van der Waals surface area (Å²) in [4.78, 5) is 20.3. The van der Waals surface area contributed by atoms with E-state index in [0.717, 1.165) is 12.1 Å². The zero-order valence-corrected chi connectivity index (χ0v) is 30.7. The molecule has 0 aliphatic carbocycles. The number of methoxy groups -OCH3 is 1. The maximum absolute atomic E-state index is 14.7. The van der Waals surface area contributed by atoms with Gasteiger partial charge < -0.3 is 39.4 Å². The number of aliphatic imine (C=N–C) groups is 1. The molecule has 11 nitrogen and oxygen atoms in total. The lowest BCUT2D eigenvalue weighted by atomic mass is 10.1. The van der Waals surface area contributed by atoms with Crippen LogP contribution >= 0.6 is 11.6 Å². The van der Waals surface area contributed by atoms with Gasteiger partial charge in [0.15, 0.2) is 5.82 Å². The smallest absolute Gasteiger partial charge is 0.251 e. The van der Waals surface area contributed by atoms with Crippen molar-refractivity contribution >= 4 is 35.7 Å². The lowest BCUT2D eigenvalue weighted by Gasteiger charge is -2.18. The zero-order valence-electron chi connectivity index (χ0n) is 30.0. The highest BCUT2D eigenvalue weighted by molar-refractivity contribution is 6.32. The summed E-state index contributed by atoms with van der Waals surface area (Å²) in [5.41, 5.74) is -0.214. The summed E-state index contributed by atoms with van der Waals surface area (Å²) in [7, 11) is 1.48. The molecule has 14 heteroatoms. The number of carbonyl (C=O) groups is 1. The van der Waals surface area contributed by atoms with E-state index in [1.807, 2.05) is 41.5 Å². The molecule has 0 saturated carbocycles. The van der Waals surface area contributed by atoms with Crippen LogP contribution in [-0.2, 0) is 25.6 Å². The summed E-state index contributed by atoms with van der Waals surface area (Å²) in [6, 6.07) is 2.96. The fourth-order valence-corrected chi connectivity index (χ4v) is 4.45. The van der Waals surface area contributed by atoms with Crippen molar-refractivity contribution in [2.24, 2.45) is 4.99 Å². The number of benzene rings is 1. The Bertz CT molecular complexity index is 1210. The molecule has 3 heterocycles. The minimum atomic E-state index is -0.968. The molecule has 4 rings (SSSR count). The van der Waals surface area contributed by atoms with E-state index in [1.54, 1.807) is 6.92 Å². The van der Waals surface area contributed by atoms with E-state index < -0.39 is 41.9 Å². The number of pyridine rings is 1. The van der Waals surface area contributed by atoms with Crippen LogP contribution < -0.4 is 15.4 Å². The number of aliphatic hydroxyl groups is 1. The van der Waals surface area contributed by atoms with Gasteiger partial charge in [-0.3, -0.25) is 4.79 Å². The Morgan fingerprint density at radius 2 is 1.69 bits per heavy atom. The van der Waals surface area contributed by atoms with Gasteiger partial charge in [-0.15, -0.1) is 0 Å². The SMILES string of the molecule is C=Nc1nc(OCc2c(F)cc(C(=O)NC(C)COC)cc2F)c(Cl)cc1NCO[C@@H]1COC2[C@H](O)CO[C@@H]21.CC.CC.CC.CCC. The molecule has 2 fully saturated rings. The minimum absolute atomic E-state index is 0.0258. The summed E-state index contributed by atoms with van der Waals surface area (Å²) in [5, 5.41) is 15.4. The van der Waals surface area contributed by atoms with Crippen LogP contribution in [0.2, 0.25) is 5.02 Å². The van der Waals surface area contributed by atoms with E-state index >= 15 is 0 Å². The third-order valence-corrected chi connectivity index (χ3v) is 6.44. The van der Waals surface area contributed by atoms with Gasteiger partial charge in [-0.2, -0.15) is 4.98 Å². The normalized spacial score (nSPS) is 19.3. The number of anilines is 1. The quantitative estimate of drug-likeness (QED) is 0.156. The second kappa shape index (κ2) is 25.1. The van der Waals surface area contributed by atoms with Gasteiger partial charge in [0, 0.05) is 18.7 Å². The summed E-state index contributed by atoms with van der Waals surface area (Å²) >= 11 is 6.29. The van der Waals surface area contributed by atoms with Crippen LogP contribution in [0.3, 0.4) is 0 Å². The van der Waals surface area contributed by atoms with Crippen molar-refractivity contribution in [1.29, 1.82) is 0 Å². The van der Waals surface area contributed by atoms with E-state index in [9.17, 15) is 18.7 Å². The molecule has 1 aromatic heterocycles. The molecule has 0 bridgehead atoms. The predicted molar refractivity (Wildman–Crippen MR) is 187 cm³/mol. The van der Waals surface area contributed by atoms with Gasteiger partial charge in [-0.05, 0) is 31.8 Å². The average molecular weight is 705 g/mol. The number of ether oxygens (including phenoxy) is 5. The Kier molecular flexibility index (Phi) is 23.6. The Labute approximate surface area is 289 Å². The second-order valence-corrected chi connectivity index (χ2v) is 10.1. The largest absolute Gasteiger partial charge is 0.471 e. The van der Waals surface area contributed by atoms with E-state index in [4.69, 9.17) is 35.3 Å². The highest BCUT2D eigenvalue weighted by atomic mass is 35.5. The Hall–Kier alpha value is -2.94. The summed E-state index contributed by atoms with van der Waals surface area (Å²) in [6.07, 6.45) is -0.583. The molecule has 3 N–H and O–H groups in total. The molecule has 1 amide bonds. The van der Waals surface area contributed by atoms with Crippen molar-refractivity contribution < 1.29 is 42.4 Å². The number of nitrogens with zero attached hydrogens (tertiary/aromatic N) is 2. The molecule has 2 aliphatic rings. The van der Waals surface area contributed by atoms with Crippen molar-refractivity contribution in [2.45, 2.75) is 106 Å². The summed E-state index contributed by atoms with van der Waals surface area (Å²) in [5.74, 6) is -2.59. The van der Waals surface area contributed by atoms with Gasteiger partial charge in [-0.1, -0.05) is 73.4 Å². The molecule has 274 valence electrons. The van der Waals surface area contributed by atoms with E-state index in [-0.39, 0.29) is 67.1 Å². The number of carbonyl (C=O) groups excluding carboxylic acids is 1. The Balaban J connectivity index is 0.00000224. The molecular weight excluding hydrogens is 650 g/mol. The van der Waals surface area contributed by atoms with Crippen LogP contribution in [0.25, 0.3) is 0 Å². The molecule has 2 aliphatic heterocycles. The number of amides is 1. The first-order valence-electron chi connectivity index (χ1n) is 16.5. The molecule has 1 aromatic carbocycles. The number of aliphatic hydroxyl groups excluding tert-OH is 1. The van der Waals surface area contributed by atoms with E-state index in [1.165, 1.54) is 19.6 Å². The van der Waals surface area contributed by atoms with Gasteiger partial charge in [-0.25, -0.2) is 13.8 Å². The first-order valence-corrected chi connectivity index (χ1v) is 16.9. The number of hydrogen-bond acceptors (Lipinski definition) is 10. The number of aromatic nitrogens is 1. The minimum Gasteiger partial charge on any atom is -0.471 e. The number of fused-ring (bicyclic) bond motifs is 1. The number of hydrogen-bond donors (Lipinski definition) is 3. The summed E-state index contributed by atoms with van der Waals surface area (Å²) < 4.78 is 56.6. The van der Waals surface area contributed by atoms with E-state index in [2.05, 4.69) is 41.2 Å². The monoisotopic (exact) mass is 704 g/mol. The van der Waals surface area contributed by atoms with Crippen molar-refractivity contribution in [3.8, 4) is 5.88 Å². The molecular formula is C34H55ClF2N4O7. The van der Waals surface area contributed by atoms with Crippen molar-refractivity contribution in [3.05, 3.63) is 46.0 Å². The maximum atomic E-state index is 14.7. The first-order chi connectivity index (χ1) is 23.1. The fraction of sp³-hybridized carbons (Fsp3) is 0.618. The van der Waals surface area contributed by atoms with Crippen LogP contribution in [0.15, 0.2) is 23.2 Å². The standard InChI is InChI=1S/C25H29ClF2N4O7.C3H8.3C2H6/c1-12(7-35-3)31-24(34)13-4-16(27)14(17(28)5-13)8-38-25-15(26)6-18(23(29-2)32-25)30-11-39-20-10-37-21-19(33)9-36-22(20)21;1-3-2;3*1-2/h4-6,12,19-22,30,33H,2,7-11H2,1,3H3,(H,31,34);3H2,1-2H3;3*1-2H3/t12?,19-,20-,21?,22-;;;;/m1..../s1. The Morgan fingerprint density at radius 1 is 1.10 bits per heavy atom. The van der Waals surface area contributed by atoms with Gasteiger partial charge in [0.2, 0.25) is 5.88 Å². The van der Waals surface area contributed by atoms with Crippen LogP contribution in [-0.4, -0.2) is 86.8 Å². The lowest BCUT2D eigenvalue weighted by molar-refractivity contribution is -0.0311. The lowest BCUT2D eigenvalue weighted by Crippen LogP contribution is -2.35. The highest BCUT2D eigenvalue weighted by Crippen LogP contribution is 2.34. The predicted octanol–water partition coefficient (Wildman–Crippen LogP) is 7.10. The van der Waals surface area contributed by atoms with Crippen molar-refractivity contribution in [2.75, 3.05) is 39.0 Å². The van der Waals surface area contributed by atoms with Gasteiger partial charge in [0.05, 0.1) is 31.1 Å². The van der Waals surface area contributed by atoms with Gasteiger partial charge in [0.25, 0.3) is 5.91 Å². The Morgan fingerprint density at radius 3 is 2.25 bits per heavy atom. The number of rotatable bonds is 12. The third-order valence-electron chi connectivity index (χ3n) is 6.17. The van der Waals surface area contributed by atoms with Crippen molar-refractivity contribution in [1.82, 2.24) is 10.3 Å². The number of halogens is 3. The maximum Gasteiger partial charge on any atom is 0.251 e. The van der Waals surface area contributed by atoms with Crippen molar-refractivity contribution in [3.63, 3.8) is 0 Å². The third kappa shape index (κ3) is 13.5. The molecule has 0 spiro atoms. The van der Waals surface area contributed by atoms with Crippen LogP contribution in [0.4, 0.5) is 20.3 Å². The fourth-order valence-electron chi connectivity index (χ4n) is 4.24. The molecule has 48 heavy (non-hydrogen) atoms. The van der Waals surface area contributed by atoms with Gasteiger partial charge in [0.1, 0.15) is 54.4 Å². The van der Waals surface area contributed by atoms with Crippen LogP contribution in [0.1, 0.15) is 84.7 Å². The zero-order chi connectivity index (χ0) is 36.8. The molecule has 5 atom stereocenters. The molecule has 2 unspecified atom stereocenters. The summed E-state index contributed by atoms with van der Waals surface area (Å²) in [6.45, 7) is 21.6. The van der Waals surface area contributed by atoms with Gasteiger partial charge >= 0.3 is 0 Å². The van der Waals surface area contributed by atoms with Crippen LogP contribution in [0, 0.1) is 11.6 Å². The average Bonchev–Trinajstić information content (AvgIpc) is 3.67. The highest BCUT2D eigenvalue weighted by Gasteiger charge is 2.47. The first kappa shape index (κ1) is 45.1. The number of nitrogens with one attached hydrogen (secondary N) is 2. The van der Waals surface area contributed by atoms with E-state index in [0.29, 0.717) is 5.69 Å². The topological polar surface area (TPSA) is 133 Å².